The van der Waals surface area contributed by atoms with Crippen LogP contribution >= 0.6 is 0 Å². The topological polar surface area (TPSA) is 194 Å². The van der Waals surface area contributed by atoms with Gasteiger partial charge in [0.05, 0.1) is 29.6 Å². The summed E-state index contributed by atoms with van der Waals surface area (Å²) in [6.07, 6.45) is -2.06. The molecule has 11 nitrogen and oxygen atoms in total. The fraction of sp³-hybridized carbons (Fsp3) is 0.889. The lowest BCUT2D eigenvalue weighted by Crippen LogP contribution is -2.68. The molecular weight excluding hydrogens is 608 g/mol. The van der Waals surface area contributed by atoms with Crippen LogP contribution in [0.25, 0.3) is 0 Å². The highest BCUT2D eigenvalue weighted by atomic mass is 16.7. The zero-order valence-corrected chi connectivity index (χ0v) is 28.7. The Morgan fingerprint density at radius 3 is 2.15 bits per heavy atom. The van der Waals surface area contributed by atoms with Gasteiger partial charge in [-0.3, -0.25) is 9.59 Å². The molecule has 0 unspecified atom stereocenters. The summed E-state index contributed by atoms with van der Waals surface area (Å²) >= 11 is 0. The van der Waals surface area contributed by atoms with E-state index in [1.54, 1.807) is 6.92 Å². The van der Waals surface area contributed by atoms with Crippen molar-refractivity contribution < 1.29 is 54.8 Å². The van der Waals surface area contributed by atoms with Gasteiger partial charge in [-0.2, -0.15) is 0 Å². The molecule has 11 heteroatoms. The SMILES string of the molecule is CC1(C)CC[C@]2(C(=O)O[C@H]3O[C@@H](CO)[C@@H](O)[C@@H](O)[C@H]3O)CC[C@@]3(C)C(=CC[C@H]4[C@@]5(C)CC[C@H](O)[C@@](C)(C(=O)O)[C@@H]5CC[C@@]43C)[C@@H]2[C@@H]1O. The van der Waals surface area contributed by atoms with Gasteiger partial charge in [0.1, 0.15) is 24.4 Å². The van der Waals surface area contributed by atoms with Crippen molar-refractivity contribution in [2.24, 2.45) is 50.2 Å². The molecule has 0 amide bonds. The lowest BCUT2D eigenvalue weighted by Gasteiger charge is -2.71. The Balaban J connectivity index is 1.39. The standard InChI is InChI=1S/C36H56O11/c1-31(2)13-15-36(30(45)47-28-26(41)25(40)24(39)19(17-37)46-28)16-14-33(4)18(23(36)27(31)42)7-8-20-32(3)11-10-22(38)35(6,29(43)44)21(32)9-12-34(20,33)5/h7,19-28,37-42H,8-17H2,1-6H3,(H,43,44)/t19-,20-,21+,22-,23+,24+,25+,26+,27-,28+,32+,33-,34-,35-,36-/m0/s1. The summed E-state index contributed by atoms with van der Waals surface area (Å²) in [5, 5.41) is 74.5. The van der Waals surface area contributed by atoms with Gasteiger partial charge >= 0.3 is 11.9 Å². The Kier molecular flexibility index (Phi) is 8.40. The van der Waals surface area contributed by atoms with Gasteiger partial charge in [0, 0.05) is 5.92 Å². The number of carboxylic acid groups (broad SMARTS) is 1. The fourth-order valence-corrected chi connectivity index (χ4v) is 12.0. The van der Waals surface area contributed by atoms with Crippen molar-refractivity contribution in [1.82, 2.24) is 0 Å². The fourth-order valence-electron chi connectivity index (χ4n) is 12.0. The van der Waals surface area contributed by atoms with Gasteiger partial charge in [0.25, 0.3) is 0 Å². The van der Waals surface area contributed by atoms with Gasteiger partial charge in [0.15, 0.2) is 0 Å². The van der Waals surface area contributed by atoms with Crippen molar-refractivity contribution in [2.75, 3.05) is 6.61 Å². The van der Waals surface area contributed by atoms with Gasteiger partial charge in [-0.15, -0.1) is 0 Å². The first-order chi connectivity index (χ1) is 21.8. The number of carbonyl (C=O) groups is 2. The summed E-state index contributed by atoms with van der Waals surface area (Å²) in [6, 6.07) is 0. The normalized spacial score (nSPS) is 53.7. The van der Waals surface area contributed by atoms with E-state index < -0.39 is 89.0 Å². The molecule has 6 rings (SSSR count). The molecule has 0 aromatic carbocycles. The molecule has 266 valence electrons. The number of carbonyl (C=O) groups excluding carboxylic acids is 1. The van der Waals surface area contributed by atoms with E-state index in [4.69, 9.17) is 9.47 Å². The lowest BCUT2D eigenvalue weighted by molar-refractivity contribution is -0.298. The summed E-state index contributed by atoms with van der Waals surface area (Å²) in [7, 11) is 0. The molecule has 1 saturated heterocycles. The Morgan fingerprint density at radius 1 is 0.851 bits per heavy atom. The molecule has 4 saturated carbocycles. The van der Waals surface area contributed by atoms with E-state index in [-0.39, 0.29) is 22.7 Å². The number of aliphatic hydroxyl groups is 6. The highest BCUT2D eigenvalue weighted by Gasteiger charge is 2.72. The summed E-state index contributed by atoms with van der Waals surface area (Å²) in [5.74, 6) is -2.22. The number of esters is 1. The van der Waals surface area contributed by atoms with Gasteiger partial charge < -0.3 is 45.2 Å². The molecule has 5 aliphatic carbocycles. The molecule has 0 radical (unpaired) electrons. The number of allylic oxidation sites excluding steroid dienone is 1. The third-order valence-electron chi connectivity index (χ3n) is 15.4. The van der Waals surface area contributed by atoms with Crippen LogP contribution in [0.3, 0.4) is 0 Å². The Bertz CT molecular complexity index is 1310. The van der Waals surface area contributed by atoms with E-state index >= 15 is 0 Å². The molecule has 0 spiro atoms. The number of aliphatic carboxylic acids is 1. The van der Waals surface area contributed by atoms with Gasteiger partial charge in [-0.05, 0) is 98.2 Å². The summed E-state index contributed by atoms with van der Waals surface area (Å²) in [6.45, 7) is 11.9. The van der Waals surface area contributed by atoms with E-state index in [0.29, 0.717) is 44.9 Å². The molecule has 1 heterocycles. The van der Waals surface area contributed by atoms with Crippen LogP contribution in [-0.2, 0) is 19.1 Å². The minimum Gasteiger partial charge on any atom is -0.481 e. The molecule has 5 fully saturated rings. The second-order valence-corrected chi connectivity index (χ2v) is 17.6. The lowest BCUT2D eigenvalue weighted by atomic mass is 9.33. The second kappa shape index (κ2) is 11.2. The first-order valence-corrected chi connectivity index (χ1v) is 17.6. The average molecular weight is 665 g/mol. The van der Waals surface area contributed by atoms with E-state index in [1.165, 1.54) is 0 Å². The molecule has 47 heavy (non-hydrogen) atoms. The zero-order valence-electron chi connectivity index (χ0n) is 28.7. The monoisotopic (exact) mass is 664 g/mol. The summed E-state index contributed by atoms with van der Waals surface area (Å²) in [4.78, 5) is 27.1. The molecule has 1 aliphatic heterocycles. The average Bonchev–Trinajstić information content (AvgIpc) is 3.01. The van der Waals surface area contributed by atoms with Gasteiger partial charge in [-0.1, -0.05) is 46.3 Å². The van der Waals surface area contributed by atoms with Crippen molar-refractivity contribution in [2.45, 2.75) is 142 Å². The van der Waals surface area contributed by atoms with Crippen molar-refractivity contribution >= 4 is 11.9 Å². The first-order valence-electron chi connectivity index (χ1n) is 17.6. The van der Waals surface area contributed by atoms with Crippen LogP contribution in [0.1, 0.15) is 99.3 Å². The van der Waals surface area contributed by atoms with Gasteiger partial charge in [0.2, 0.25) is 6.29 Å². The molecular formula is C36H56O11. The highest BCUT2D eigenvalue weighted by Crippen LogP contribution is 2.76. The van der Waals surface area contributed by atoms with Crippen LogP contribution < -0.4 is 0 Å². The van der Waals surface area contributed by atoms with Crippen LogP contribution in [0.15, 0.2) is 11.6 Å². The smallest absolute Gasteiger partial charge is 0.315 e. The number of fused-ring (bicyclic) bond motifs is 7. The highest BCUT2D eigenvalue weighted by molar-refractivity contribution is 5.79. The van der Waals surface area contributed by atoms with Crippen LogP contribution in [0, 0.1) is 50.2 Å². The third kappa shape index (κ3) is 4.55. The second-order valence-electron chi connectivity index (χ2n) is 17.6. The number of hydrogen-bond acceptors (Lipinski definition) is 10. The number of rotatable bonds is 4. The van der Waals surface area contributed by atoms with Crippen LogP contribution in [0.5, 0.6) is 0 Å². The van der Waals surface area contributed by atoms with Crippen molar-refractivity contribution in [3.63, 3.8) is 0 Å². The predicted molar refractivity (Wildman–Crippen MR) is 168 cm³/mol. The van der Waals surface area contributed by atoms with Crippen molar-refractivity contribution in [3.05, 3.63) is 11.6 Å². The maximum absolute atomic E-state index is 14.4. The molecule has 0 aromatic rings. The maximum atomic E-state index is 14.4. The molecule has 0 bridgehead atoms. The minimum absolute atomic E-state index is 0.135. The minimum atomic E-state index is -1.72. The van der Waals surface area contributed by atoms with Crippen molar-refractivity contribution in [3.8, 4) is 0 Å². The van der Waals surface area contributed by atoms with Crippen LogP contribution in [-0.4, -0.2) is 97.2 Å². The molecule has 6 aliphatic rings. The largest absolute Gasteiger partial charge is 0.481 e. The number of aliphatic hydroxyl groups excluding tert-OH is 6. The summed E-state index contributed by atoms with van der Waals surface area (Å²) in [5.41, 5.74) is -2.83. The summed E-state index contributed by atoms with van der Waals surface area (Å²) < 4.78 is 11.4. The van der Waals surface area contributed by atoms with E-state index in [0.717, 1.165) is 18.4 Å². The molecule has 0 aromatic heterocycles. The predicted octanol–water partition coefficient (Wildman–Crippen LogP) is 2.53. The van der Waals surface area contributed by atoms with E-state index in [2.05, 4.69) is 26.8 Å². The van der Waals surface area contributed by atoms with Crippen molar-refractivity contribution in [1.29, 1.82) is 0 Å². The molecule has 15 atom stereocenters. The number of hydrogen-bond donors (Lipinski definition) is 7. The quantitative estimate of drug-likeness (QED) is 0.172. The van der Waals surface area contributed by atoms with Gasteiger partial charge in [-0.25, -0.2) is 0 Å². The van der Waals surface area contributed by atoms with Crippen LogP contribution in [0.4, 0.5) is 0 Å². The number of carboxylic acids is 1. The Morgan fingerprint density at radius 2 is 1.51 bits per heavy atom. The maximum Gasteiger partial charge on any atom is 0.315 e. The third-order valence-corrected chi connectivity index (χ3v) is 15.4. The first kappa shape index (κ1) is 35.2. The Hall–Kier alpha value is -1.60. The molecule has 7 N–H and O–H groups in total. The zero-order chi connectivity index (χ0) is 34.7. The van der Waals surface area contributed by atoms with E-state index in [1.807, 2.05) is 13.8 Å². The van der Waals surface area contributed by atoms with Crippen LogP contribution in [0.2, 0.25) is 0 Å². The Labute approximate surface area is 277 Å². The number of ether oxygens (including phenoxy) is 2. The van der Waals surface area contributed by atoms with E-state index in [9.17, 15) is 45.3 Å².